The molecule has 2 unspecified atom stereocenters. The van der Waals surface area contributed by atoms with E-state index >= 15 is 0 Å². The molecule has 2 heterocycles. The highest BCUT2D eigenvalue weighted by Gasteiger charge is 2.35. The maximum Gasteiger partial charge on any atom is 0.415 e. The Morgan fingerprint density at radius 2 is 2.21 bits per heavy atom. The van der Waals surface area contributed by atoms with Crippen molar-refractivity contribution < 1.29 is 14.3 Å². The average Bonchev–Trinajstić information content (AvgIpc) is 3.39. The molecule has 1 saturated carbocycles. The molecule has 8 heteroatoms. The number of rotatable bonds is 5. The molecule has 2 aromatic heterocycles. The molecule has 1 aliphatic carbocycles. The lowest BCUT2D eigenvalue weighted by Gasteiger charge is -2.39. The Kier molecular flexibility index (Phi) is 5.91. The molecule has 1 amide bonds. The molecule has 3 aromatic rings. The maximum atomic E-state index is 12.0. The Balaban J connectivity index is 1.51. The largest absolute Gasteiger partial charge is 0.465 e. The summed E-state index contributed by atoms with van der Waals surface area (Å²) in [5.74, 6) is 0.203. The fourth-order valence-electron chi connectivity index (χ4n) is 4.91. The number of imidazole rings is 1. The number of benzene rings is 1. The van der Waals surface area contributed by atoms with Gasteiger partial charge in [-0.1, -0.05) is 34.1 Å². The van der Waals surface area contributed by atoms with E-state index in [9.17, 15) is 15.2 Å². The second kappa shape index (κ2) is 8.54. The van der Waals surface area contributed by atoms with Crippen LogP contribution in [0.15, 0.2) is 35.2 Å². The Morgan fingerprint density at radius 1 is 1.42 bits per heavy atom. The summed E-state index contributed by atoms with van der Waals surface area (Å²) in [7, 11) is 0. The van der Waals surface area contributed by atoms with Crippen molar-refractivity contribution in [3.8, 4) is 6.07 Å². The van der Waals surface area contributed by atoms with Gasteiger partial charge in [0.15, 0.2) is 0 Å². The van der Waals surface area contributed by atoms with Gasteiger partial charge >= 0.3 is 12.1 Å². The first-order valence-corrected chi connectivity index (χ1v) is 11.4. The lowest BCUT2D eigenvalue weighted by molar-refractivity contribution is 0.135. The molecule has 1 aromatic carbocycles. The van der Waals surface area contributed by atoms with E-state index in [1.807, 2.05) is 39.2 Å². The Morgan fingerprint density at radius 3 is 2.88 bits per heavy atom. The second-order valence-electron chi connectivity index (χ2n) is 10.6. The van der Waals surface area contributed by atoms with Crippen LogP contribution in [0, 0.1) is 22.7 Å². The Labute approximate surface area is 193 Å². The third-order valence-electron chi connectivity index (χ3n) is 6.64. The van der Waals surface area contributed by atoms with Crippen molar-refractivity contribution in [1.29, 1.82) is 5.26 Å². The number of nitrogens with zero attached hydrogens (tertiary/aromatic N) is 5. The summed E-state index contributed by atoms with van der Waals surface area (Å²) in [4.78, 5) is 22.2. The number of aromatic nitrogens is 3. The number of carbonyl (C=O) groups is 1. The number of amides is 1. The van der Waals surface area contributed by atoms with Gasteiger partial charge in [-0.05, 0) is 48.8 Å². The summed E-state index contributed by atoms with van der Waals surface area (Å²) in [6.45, 7) is 9.45. The van der Waals surface area contributed by atoms with Gasteiger partial charge in [0, 0.05) is 18.5 Å². The quantitative estimate of drug-likeness (QED) is 0.545. The second-order valence-corrected chi connectivity index (χ2v) is 10.6. The molecule has 33 heavy (non-hydrogen) atoms. The molecule has 0 bridgehead atoms. The van der Waals surface area contributed by atoms with E-state index in [2.05, 4.69) is 27.5 Å². The molecule has 174 valence electrons. The van der Waals surface area contributed by atoms with E-state index in [1.54, 1.807) is 12.3 Å². The van der Waals surface area contributed by atoms with Crippen LogP contribution in [-0.4, -0.2) is 32.3 Å². The standard InChI is InChI=1S/C25H31N5O3/c1-24(2,3)21-14-33-22(28-21)30(23(31)32)13-18-6-5-9-25(4,11-18)15-29-16-27-19-8-7-17(12-26)10-20(19)29/h7-8,10,14,16,18H,5-6,9,11,13,15H2,1-4H3,(H,31,32). The summed E-state index contributed by atoms with van der Waals surface area (Å²) < 4.78 is 7.68. The molecule has 0 aliphatic heterocycles. The highest BCUT2D eigenvalue weighted by Crippen LogP contribution is 2.41. The molecule has 4 rings (SSSR count). The summed E-state index contributed by atoms with van der Waals surface area (Å²) in [5, 5.41) is 19.1. The van der Waals surface area contributed by atoms with Gasteiger partial charge in [-0.2, -0.15) is 10.2 Å². The topological polar surface area (TPSA) is 108 Å². The molecule has 8 nitrogen and oxygen atoms in total. The molecular formula is C25H31N5O3. The van der Waals surface area contributed by atoms with Gasteiger partial charge in [0.25, 0.3) is 0 Å². The zero-order valence-corrected chi connectivity index (χ0v) is 19.7. The molecule has 0 radical (unpaired) electrons. The molecule has 0 spiro atoms. The third kappa shape index (κ3) is 4.87. The van der Waals surface area contributed by atoms with Gasteiger partial charge < -0.3 is 14.1 Å². The number of fused-ring (bicyclic) bond motifs is 1. The van der Waals surface area contributed by atoms with Crippen LogP contribution in [0.1, 0.15) is 64.6 Å². The van der Waals surface area contributed by atoms with E-state index < -0.39 is 6.09 Å². The number of hydrogen-bond acceptors (Lipinski definition) is 5. The monoisotopic (exact) mass is 449 g/mol. The van der Waals surface area contributed by atoms with Crippen molar-refractivity contribution in [2.45, 2.75) is 65.3 Å². The molecule has 1 N–H and O–H groups in total. The van der Waals surface area contributed by atoms with Gasteiger partial charge in [0.05, 0.1) is 34.7 Å². The van der Waals surface area contributed by atoms with Crippen LogP contribution >= 0.6 is 0 Å². The van der Waals surface area contributed by atoms with Crippen molar-refractivity contribution in [2.24, 2.45) is 11.3 Å². The van der Waals surface area contributed by atoms with Crippen LogP contribution in [0.5, 0.6) is 0 Å². The average molecular weight is 450 g/mol. The molecule has 1 aliphatic rings. The smallest absolute Gasteiger partial charge is 0.415 e. The van der Waals surface area contributed by atoms with Crippen molar-refractivity contribution in [3.63, 3.8) is 0 Å². The normalized spacial score (nSPS) is 21.1. The summed E-state index contributed by atoms with van der Waals surface area (Å²) in [6, 6.07) is 7.89. The fraction of sp³-hybridized carbons (Fsp3) is 0.520. The van der Waals surface area contributed by atoms with Crippen LogP contribution in [-0.2, 0) is 12.0 Å². The van der Waals surface area contributed by atoms with Crippen molar-refractivity contribution in [2.75, 3.05) is 11.4 Å². The van der Waals surface area contributed by atoms with Gasteiger partial charge in [-0.3, -0.25) is 0 Å². The van der Waals surface area contributed by atoms with Crippen molar-refractivity contribution in [1.82, 2.24) is 14.5 Å². The highest BCUT2D eigenvalue weighted by atomic mass is 16.4. The van der Waals surface area contributed by atoms with Crippen LogP contribution in [0.3, 0.4) is 0 Å². The number of anilines is 1. The van der Waals surface area contributed by atoms with Crippen molar-refractivity contribution >= 4 is 23.1 Å². The first-order chi connectivity index (χ1) is 15.6. The third-order valence-corrected chi connectivity index (χ3v) is 6.64. The first kappa shape index (κ1) is 22.8. The number of oxazole rings is 1. The van der Waals surface area contributed by atoms with E-state index in [0.29, 0.717) is 12.1 Å². The van der Waals surface area contributed by atoms with Gasteiger partial charge in [0.2, 0.25) is 0 Å². The van der Waals surface area contributed by atoms with Gasteiger partial charge in [-0.15, -0.1) is 0 Å². The van der Waals surface area contributed by atoms with E-state index in [0.717, 1.165) is 49.0 Å². The predicted molar refractivity (Wildman–Crippen MR) is 125 cm³/mol. The van der Waals surface area contributed by atoms with E-state index in [1.165, 1.54) is 4.90 Å². The fourth-order valence-corrected chi connectivity index (χ4v) is 4.91. The highest BCUT2D eigenvalue weighted by molar-refractivity contribution is 5.83. The van der Waals surface area contributed by atoms with Crippen LogP contribution in [0.4, 0.5) is 10.8 Å². The zero-order chi connectivity index (χ0) is 23.8. The summed E-state index contributed by atoms with van der Waals surface area (Å²) in [5.41, 5.74) is 2.97. The lowest BCUT2D eigenvalue weighted by Crippen LogP contribution is -2.39. The molecule has 1 fully saturated rings. The summed E-state index contributed by atoms with van der Waals surface area (Å²) >= 11 is 0. The number of hydrogen-bond donors (Lipinski definition) is 1. The SMILES string of the molecule is CC1(Cn2cnc3ccc(C#N)cc32)CCCC(CN(C(=O)O)c2nc(C(C)(C)C)co2)C1. The molecule has 0 saturated heterocycles. The Bertz CT molecular complexity index is 1200. The van der Waals surface area contributed by atoms with Crippen LogP contribution < -0.4 is 4.90 Å². The minimum atomic E-state index is -1.05. The lowest BCUT2D eigenvalue weighted by atomic mass is 9.70. The van der Waals surface area contributed by atoms with Gasteiger partial charge in [-0.25, -0.2) is 14.7 Å². The minimum Gasteiger partial charge on any atom is -0.465 e. The predicted octanol–water partition coefficient (Wildman–Crippen LogP) is 5.57. The minimum absolute atomic E-state index is 0.00344. The first-order valence-electron chi connectivity index (χ1n) is 11.4. The van der Waals surface area contributed by atoms with Crippen LogP contribution in [0.25, 0.3) is 11.0 Å². The number of nitriles is 1. The zero-order valence-electron chi connectivity index (χ0n) is 19.7. The van der Waals surface area contributed by atoms with E-state index in [4.69, 9.17) is 4.42 Å². The van der Waals surface area contributed by atoms with E-state index in [-0.39, 0.29) is 22.8 Å². The van der Waals surface area contributed by atoms with Crippen molar-refractivity contribution in [3.05, 3.63) is 42.0 Å². The molecule has 2 atom stereocenters. The van der Waals surface area contributed by atoms with Crippen LogP contribution in [0.2, 0.25) is 0 Å². The van der Waals surface area contributed by atoms with Gasteiger partial charge in [0.1, 0.15) is 6.26 Å². The summed E-state index contributed by atoms with van der Waals surface area (Å²) in [6.07, 6.45) is 6.29. The maximum absolute atomic E-state index is 12.0. The molecular weight excluding hydrogens is 418 g/mol. The number of carboxylic acid groups (broad SMARTS) is 1. The Hall–Kier alpha value is -3.34.